The second kappa shape index (κ2) is 5.66. The Kier molecular flexibility index (Phi) is 3.96. The summed E-state index contributed by atoms with van der Waals surface area (Å²) in [6.45, 7) is 0.365. The summed E-state index contributed by atoms with van der Waals surface area (Å²) < 4.78 is 5.76. The number of hydrogen-bond acceptors (Lipinski definition) is 3. The molecule has 1 aromatic carbocycles. The fraction of sp³-hybridized carbons (Fsp3) is 0.154. The Morgan fingerprint density at radius 2 is 2.12 bits per heavy atom. The van der Waals surface area contributed by atoms with Crippen LogP contribution in [-0.2, 0) is 0 Å². The normalized spacial score (nSPS) is 12.1. The lowest BCUT2D eigenvalue weighted by atomic mass is 10.2. The summed E-state index contributed by atoms with van der Waals surface area (Å²) in [6, 6.07) is 12.9. The first-order chi connectivity index (χ1) is 8.29. The highest BCUT2D eigenvalue weighted by Gasteiger charge is 2.12. The Labute approximate surface area is 105 Å². The summed E-state index contributed by atoms with van der Waals surface area (Å²) in [7, 11) is 0. The van der Waals surface area contributed by atoms with Gasteiger partial charge in [0, 0.05) is 17.8 Å². The Morgan fingerprint density at radius 3 is 2.76 bits per heavy atom. The molecular formula is C13H13ClN2O. The van der Waals surface area contributed by atoms with Gasteiger partial charge in [0.15, 0.2) is 6.10 Å². The first kappa shape index (κ1) is 11.9. The molecule has 1 unspecified atom stereocenters. The van der Waals surface area contributed by atoms with Crippen molar-refractivity contribution in [2.75, 3.05) is 6.54 Å². The average Bonchev–Trinajstić information content (AvgIpc) is 2.37. The molecule has 1 atom stereocenters. The molecular weight excluding hydrogens is 236 g/mol. The Hall–Kier alpha value is -1.58. The molecule has 0 amide bonds. The molecule has 1 aromatic heterocycles. The Morgan fingerprint density at radius 1 is 1.24 bits per heavy atom. The van der Waals surface area contributed by atoms with E-state index in [1.54, 1.807) is 18.3 Å². The number of hydrogen-bond donors (Lipinski definition) is 1. The van der Waals surface area contributed by atoms with Crippen molar-refractivity contribution in [3.63, 3.8) is 0 Å². The smallest absolute Gasteiger partial charge is 0.153 e. The van der Waals surface area contributed by atoms with E-state index in [9.17, 15) is 0 Å². The van der Waals surface area contributed by atoms with Crippen LogP contribution in [-0.4, -0.2) is 11.5 Å². The van der Waals surface area contributed by atoms with Crippen LogP contribution < -0.4 is 10.5 Å². The molecule has 88 valence electrons. The summed E-state index contributed by atoms with van der Waals surface area (Å²) in [6.07, 6.45) is 1.47. The number of nitrogens with zero attached hydrogens (tertiary/aromatic N) is 1. The van der Waals surface area contributed by atoms with Crippen LogP contribution in [0.15, 0.2) is 48.7 Å². The van der Waals surface area contributed by atoms with Crippen LogP contribution in [0.1, 0.15) is 11.8 Å². The van der Waals surface area contributed by atoms with Gasteiger partial charge in [0.05, 0.1) is 5.69 Å². The maximum Gasteiger partial charge on any atom is 0.153 e. The Balaban J connectivity index is 2.16. The third-order valence-corrected chi connectivity index (χ3v) is 2.54. The fourth-order valence-corrected chi connectivity index (χ4v) is 1.68. The summed E-state index contributed by atoms with van der Waals surface area (Å²) in [5, 5.41) is 0.638. The fourth-order valence-electron chi connectivity index (χ4n) is 1.50. The van der Waals surface area contributed by atoms with Gasteiger partial charge >= 0.3 is 0 Å². The lowest BCUT2D eigenvalue weighted by Gasteiger charge is -2.16. The van der Waals surface area contributed by atoms with Gasteiger partial charge in [-0.3, -0.25) is 4.98 Å². The van der Waals surface area contributed by atoms with Crippen molar-refractivity contribution in [3.8, 4) is 5.75 Å². The van der Waals surface area contributed by atoms with Gasteiger partial charge < -0.3 is 10.5 Å². The van der Waals surface area contributed by atoms with Crippen LogP contribution in [0, 0.1) is 0 Å². The monoisotopic (exact) mass is 248 g/mol. The SMILES string of the molecule is NCC(Oc1cccc(Cl)c1)c1ccccn1. The van der Waals surface area contributed by atoms with Crippen molar-refractivity contribution in [2.24, 2.45) is 5.73 Å². The van der Waals surface area contributed by atoms with Gasteiger partial charge in [0.1, 0.15) is 5.75 Å². The van der Waals surface area contributed by atoms with Crippen LogP contribution in [0.3, 0.4) is 0 Å². The van der Waals surface area contributed by atoms with E-state index in [1.807, 2.05) is 30.3 Å². The highest BCUT2D eigenvalue weighted by atomic mass is 35.5. The van der Waals surface area contributed by atoms with E-state index in [0.717, 1.165) is 5.69 Å². The summed E-state index contributed by atoms with van der Waals surface area (Å²) in [5.41, 5.74) is 6.51. The van der Waals surface area contributed by atoms with Gasteiger partial charge in [0.2, 0.25) is 0 Å². The average molecular weight is 249 g/mol. The number of pyridine rings is 1. The molecule has 3 nitrogen and oxygen atoms in total. The largest absolute Gasteiger partial charge is 0.483 e. The van der Waals surface area contributed by atoms with E-state index >= 15 is 0 Å². The molecule has 0 fully saturated rings. The third kappa shape index (κ3) is 3.19. The lowest BCUT2D eigenvalue weighted by molar-refractivity contribution is 0.209. The molecule has 0 aliphatic rings. The third-order valence-electron chi connectivity index (χ3n) is 2.31. The van der Waals surface area contributed by atoms with Crippen LogP contribution >= 0.6 is 11.6 Å². The molecule has 2 N–H and O–H groups in total. The Bertz CT molecular complexity index is 476. The van der Waals surface area contributed by atoms with Gasteiger partial charge in [-0.05, 0) is 30.3 Å². The first-order valence-electron chi connectivity index (χ1n) is 5.33. The predicted octanol–water partition coefficient (Wildman–Crippen LogP) is 2.81. The van der Waals surface area contributed by atoms with E-state index < -0.39 is 0 Å². The molecule has 1 heterocycles. The number of halogens is 1. The number of nitrogens with two attached hydrogens (primary N) is 1. The van der Waals surface area contributed by atoms with Gasteiger partial charge in [-0.2, -0.15) is 0 Å². The van der Waals surface area contributed by atoms with Gasteiger partial charge in [0.25, 0.3) is 0 Å². The lowest BCUT2D eigenvalue weighted by Crippen LogP contribution is -2.19. The number of benzene rings is 1. The summed E-state index contributed by atoms with van der Waals surface area (Å²) >= 11 is 5.89. The second-order valence-electron chi connectivity index (χ2n) is 3.55. The molecule has 0 spiro atoms. The molecule has 0 aliphatic carbocycles. The van der Waals surface area contributed by atoms with E-state index in [-0.39, 0.29) is 6.10 Å². The van der Waals surface area contributed by atoms with Crippen LogP contribution in [0.4, 0.5) is 0 Å². The van der Waals surface area contributed by atoms with Crippen LogP contribution in [0.5, 0.6) is 5.75 Å². The first-order valence-corrected chi connectivity index (χ1v) is 5.70. The zero-order valence-electron chi connectivity index (χ0n) is 9.21. The molecule has 4 heteroatoms. The standard InChI is InChI=1S/C13H13ClN2O/c14-10-4-3-5-11(8-10)17-13(9-15)12-6-1-2-7-16-12/h1-8,13H,9,15H2. The predicted molar refractivity (Wildman–Crippen MR) is 68.1 cm³/mol. The molecule has 0 saturated carbocycles. The molecule has 0 bridgehead atoms. The van der Waals surface area contributed by atoms with E-state index in [0.29, 0.717) is 17.3 Å². The molecule has 0 radical (unpaired) electrons. The zero-order chi connectivity index (χ0) is 12.1. The molecule has 0 saturated heterocycles. The maximum atomic E-state index is 5.89. The quantitative estimate of drug-likeness (QED) is 0.905. The minimum Gasteiger partial charge on any atom is -0.483 e. The molecule has 2 rings (SSSR count). The van der Waals surface area contributed by atoms with Gasteiger partial charge in [-0.25, -0.2) is 0 Å². The van der Waals surface area contributed by atoms with E-state index in [2.05, 4.69) is 4.98 Å². The minimum atomic E-state index is -0.255. The second-order valence-corrected chi connectivity index (χ2v) is 3.99. The number of ether oxygens (including phenoxy) is 1. The van der Waals surface area contributed by atoms with Crippen molar-refractivity contribution in [1.29, 1.82) is 0 Å². The molecule has 2 aromatic rings. The number of aromatic nitrogens is 1. The van der Waals surface area contributed by atoms with Crippen LogP contribution in [0.25, 0.3) is 0 Å². The van der Waals surface area contributed by atoms with Gasteiger partial charge in [-0.15, -0.1) is 0 Å². The van der Waals surface area contributed by atoms with E-state index in [1.165, 1.54) is 0 Å². The summed E-state index contributed by atoms with van der Waals surface area (Å²) in [5.74, 6) is 0.693. The zero-order valence-corrected chi connectivity index (χ0v) is 9.97. The maximum absolute atomic E-state index is 5.89. The van der Waals surface area contributed by atoms with Crippen molar-refractivity contribution in [1.82, 2.24) is 4.98 Å². The van der Waals surface area contributed by atoms with Crippen molar-refractivity contribution in [3.05, 3.63) is 59.4 Å². The number of rotatable bonds is 4. The van der Waals surface area contributed by atoms with Gasteiger partial charge in [-0.1, -0.05) is 23.7 Å². The highest BCUT2D eigenvalue weighted by Crippen LogP contribution is 2.22. The van der Waals surface area contributed by atoms with Crippen molar-refractivity contribution < 1.29 is 4.74 Å². The van der Waals surface area contributed by atoms with E-state index in [4.69, 9.17) is 22.1 Å². The van der Waals surface area contributed by atoms with Crippen molar-refractivity contribution in [2.45, 2.75) is 6.10 Å². The van der Waals surface area contributed by atoms with Crippen LogP contribution in [0.2, 0.25) is 5.02 Å². The molecule has 17 heavy (non-hydrogen) atoms. The minimum absolute atomic E-state index is 0.255. The molecule has 0 aliphatic heterocycles. The highest BCUT2D eigenvalue weighted by molar-refractivity contribution is 6.30. The topological polar surface area (TPSA) is 48.1 Å². The van der Waals surface area contributed by atoms with Crippen molar-refractivity contribution >= 4 is 11.6 Å². The summed E-state index contributed by atoms with van der Waals surface area (Å²) in [4.78, 5) is 4.23.